The van der Waals surface area contributed by atoms with E-state index in [2.05, 4.69) is 35.8 Å². The predicted octanol–water partition coefficient (Wildman–Crippen LogP) is -0.805. The highest BCUT2D eigenvalue weighted by Crippen LogP contribution is 2.15. The number of aromatic amines is 1. The third-order valence-corrected chi connectivity index (χ3v) is 2.68. The van der Waals surface area contributed by atoms with E-state index in [1.807, 2.05) is 0 Å². The number of carbonyl (C=O) groups excluding carboxylic acids is 1. The van der Waals surface area contributed by atoms with Crippen LogP contribution in [0.4, 0.5) is 5.69 Å². The van der Waals surface area contributed by atoms with Gasteiger partial charge in [-0.2, -0.15) is 10.3 Å². The van der Waals surface area contributed by atoms with Crippen LogP contribution in [0, 0.1) is 0 Å². The first-order chi connectivity index (χ1) is 9.61. The van der Waals surface area contributed by atoms with Gasteiger partial charge in [-0.1, -0.05) is 16.8 Å². The average molecular weight is 300 g/mol. The van der Waals surface area contributed by atoms with Gasteiger partial charge in [0.15, 0.2) is 5.82 Å². The van der Waals surface area contributed by atoms with Gasteiger partial charge in [0.25, 0.3) is 5.56 Å². The molecule has 0 radical (unpaired) electrons. The predicted molar refractivity (Wildman–Crippen MR) is 67.0 cm³/mol. The van der Waals surface area contributed by atoms with E-state index in [0.717, 1.165) is 4.68 Å². The monoisotopic (exact) mass is 299 g/mol. The number of H-pyrrole nitrogens is 1. The molecule has 0 aliphatic heterocycles. The molecule has 20 heavy (non-hydrogen) atoms. The molecule has 106 valence electrons. The van der Waals surface area contributed by atoms with E-state index in [9.17, 15) is 9.59 Å². The summed E-state index contributed by atoms with van der Waals surface area (Å²) in [5.41, 5.74) is -0.294. The zero-order valence-corrected chi connectivity index (χ0v) is 11.1. The van der Waals surface area contributed by atoms with Crippen LogP contribution in [0.2, 0.25) is 5.02 Å². The van der Waals surface area contributed by atoms with Crippen LogP contribution in [-0.2, 0) is 22.6 Å². The minimum absolute atomic E-state index is 0.0904. The van der Waals surface area contributed by atoms with E-state index in [1.165, 1.54) is 13.3 Å². The topological polar surface area (TPSA) is 128 Å². The molecular formula is C9H10ClN7O3. The Bertz CT molecular complexity index is 654. The number of ether oxygens (including phenoxy) is 1. The third kappa shape index (κ3) is 3.09. The van der Waals surface area contributed by atoms with Crippen molar-refractivity contribution in [2.45, 2.75) is 13.1 Å². The van der Waals surface area contributed by atoms with E-state index in [0.29, 0.717) is 11.5 Å². The van der Waals surface area contributed by atoms with Crippen LogP contribution in [-0.4, -0.2) is 43.5 Å². The normalized spacial score (nSPS) is 10.3. The van der Waals surface area contributed by atoms with Crippen LogP contribution in [0.15, 0.2) is 11.0 Å². The number of hydrogen-bond acceptors (Lipinski definition) is 8. The van der Waals surface area contributed by atoms with Crippen LogP contribution in [0.5, 0.6) is 0 Å². The number of nitrogens with zero attached hydrogens (tertiary/aromatic N) is 5. The molecule has 0 saturated carbocycles. The quantitative estimate of drug-likeness (QED) is 0.686. The molecule has 10 nitrogen and oxygen atoms in total. The average Bonchev–Trinajstić information content (AvgIpc) is 2.96. The molecule has 2 aromatic heterocycles. The first kappa shape index (κ1) is 13.9. The van der Waals surface area contributed by atoms with Gasteiger partial charge >= 0.3 is 5.97 Å². The molecule has 0 amide bonds. The molecule has 0 saturated heterocycles. The Morgan fingerprint density at radius 1 is 1.60 bits per heavy atom. The second-order valence-electron chi connectivity index (χ2n) is 3.59. The zero-order chi connectivity index (χ0) is 14.5. The molecule has 2 rings (SSSR count). The molecule has 0 aromatic carbocycles. The molecule has 0 aliphatic rings. The first-order valence-corrected chi connectivity index (χ1v) is 5.78. The summed E-state index contributed by atoms with van der Waals surface area (Å²) in [6.07, 6.45) is 1.33. The minimum atomic E-state index is -0.602. The minimum Gasteiger partial charge on any atom is -0.468 e. The Kier molecular flexibility index (Phi) is 4.25. The lowest BCUT2D eigenvalue weighted by Crippen LogP contribution is -2.28. The third-order valence-electron chi connectivity index (χ3n) is 2.32. The van der Waals surface area contributed by atoms with E-state index in [4.69, 9.17) is 11.6 Å². The Morgan fingerprint density at radius 3 is 3.05 bits per heavy atom. The number of halogens is 1. The molecule has 0 unspecified atom stereocenters. The number of nitrogens with one attached hydrogen (secondary N) is 2. The summed E-state index contributed by atoms with van der Waals surface area (Å²) in [4.78, 5) is 23.0. The summed E-state index contributed by atoms with van der Waals surface area (Å²) in [6, 6.07) is 0. The summed E-state index contributed by atoms with van der Waals surface area (Å²) in [5, 5.41) is 19.7. The molecule has 2 aromatic rings. The fourth-order valence-corrected chi connectivity index (χ4v) is 1.53. The van der Waals surface area contributed by atoms with Crippen LogP contribution < -0.4 is 10.9 Å². The van der Waals surface area contributed by atoms with Crippen molar-refractivity contribution < 1.29 is 9.53 Å². The van der Waals surface area contributed by atoms with Crippen molar-refractivity contribution in [2.75, 3.05) is 12.4 Å². The summed E-state index contributed by atoms with van der Waals surface area (Å²) in [5.74, 6) is -0.192. The van der Waals surface area contributed by atoms with Gasteiger partial charge in [-0.05, 0) is 0 Å². The van der Waals surface area contributed by atoms with Crippen molar-refractivity contribution >= 4 is 23.3 Å². The van der Waals surface area contributed by atoms with Crippen molar-refractivity contribution in [3.63, 3.8) is 0 Å². The SMILES string of the molecule is COC(=O)Cn1ncc(NCc2nn[nH]n2)c(Cl)c1=O. The van der Waals surface area contributed by atoms with Crippen LogP contribution in [0.25, 0.3) is 0 Å². The van der Waals surface area contributed by atoms with E-state index in [-0.39, 0.29) is 18.1 Å². The molecule has 11 heteroatoms. The van der Waals surface area contributed by atoms with Gasteiger partial charge in [-0.15, -0.1) is 10.2 Å². The van der Waals surface area contributed by atoms with E-state index < -0.39 is 11.5 Å². The number of carbonyl (C=O) groups is 1. The van der Waals surface area contributed by atoms with Gasteiger partial charge in [0.05, 0.1) is 25.5 Å². The number of esters is 1. The van der Waals surface area contributed by atoms with Crippen LogP contribution >= 0.6 is 11.6 Å². The van der Waals surface area contributed by atoms with E-state index >= 15 is 0 Å². The Morgan fingerprint density at radius 2 is 2.40 bits per heavy atom. The number of hydrogen-bond donors (Lipinski definition) is 2. The maximum Gasteiger partial charge on any atom is 0.327 e. The molecule has 0 fully saturated rings. The smallest absolute Gasteiger partial charge is 0.327 e. The maximum atomic E-state index is 11.9. The summed E-state index contributed by atoms with van der Waals surface area (Å²) >= 11 is 5.91. The largest absolute Gasteiger partial charge is 0.468 e. The summed E-state index contributed by atoms with van der Waals surface area (Å²) < 4.78 is 5.36. The highest BCUT2D eigenvalue weighted by Gasteiger charge is 2.12. The lowest BCUT2D eigenvalue weighted by atomic mass is 10.4. The van der Waals surface area contributed by atoms with Crippen molar-refractivity contribution in [3.8, 4) is 0 Å². The molecular weight excluding hydrogens is 290 g/mol. The fraction of sp³-hybridized carbons (Fsp3) is 0.333. The highest BCUT2D eigenvalue weighted by molar-refractivity contribution is 6.32. The Balaban J connectivity index is 2.14. The fourth-order valence-electron chi connectivity index (χ4n) is 1.32. The standard InChI is InChI=1S/C9H10ClN7O3/c1-20-7(18)4-17-9(19)8(10)5(2-12-17)11-3-6-13-15-16-14-6/h2,11H,3-4H2,1H3,(H,13,14,15,16). The summed E-state index contributed by atoms with van der Waals surface area (Å²) in [6.45, 7) is -0.0848. The van der Waals surface area contributed by atoms with Gasteiger partial charge < -0.3 is 10.1 Å². The first-order valence-electron chi connectivity index (χ1n) is 5.40. The number of methoxy groups -OCH3 is 1. The Hall–Kier alpha value is -2.49. The van der Waals surface area contributed by atoms with Gasteiger partial charge in [0, 0.05) is 0 Å². The Labute approximate surface area is 117 Å². The second kappa shape index (κ2) is 6.10. The van der Waals surface area contributed by atoms with Crippen molar-refractivity contribution in [1.29, 1.82) is 0 Å². The second-order valence-corrected chi connectivity index (χ2v) is 3.97. The number of anilines is 1. The molecule has 0 spiro atoms. The van der Waals surface area contributed by atoms with Gasteiger partial charge in [-0.3, -0.25) is 9.59 Å². The summed E-state index contributed by atoms with van der Waals surface area (Å²) in [7, 11) is 1.22. The molecule has 0 atom stereocenters. The van der Waals surface area contributed by atoms with Crippen molar-refractivity contribution in [3.05, 3.63) is 27.4 Å². The van der Waals surface area contributed by atoms with E-state index in [1.54, 1.807) is 0 Å². The van der Waals surface area contributed by atoms with Crippen molar-refractivity contribution in [2.24, 2.45) is 0 Å². The zero-order valence-electron chi connectivity index (χ0n) is 10.3. The number of rotatable bonds is 5. The van der Waals surface area contributed by atoms with Gasteiger partial charge in [-0.25, -0.2) is 4.68 Å². The van der Waals surface area contributed by atoms with Crippen LogP contribution in [0.3, 0.4) is 0 Å². The van der Waals surface area contributed by atoms with Gasteiger partial charge in [0.2, 0.25) is 0 Å². The molecule has 0 bridgehead atoms. The molecule has 0 aliphatic carbocycles. The lowest BCUT2D eigenvalue weighted by molar-refractivity contribution is -0.141. The highest BCUT2D eigenvalue weighted by atomic mass is 35.5. The maximum absolute atomic E-state index is 11.9. The molecule has 2 heterocycles. The lowest BCUT2D eigenvalue weighted by Gasteiger charge is -2.08. The number of tetrazole rings is 1. The van der Waals surface area contributed by atoms with Gasteiger partial charge in [0.1, 0.15) is 11.6 Å². The van der Waals surface area contributed by atoms with Crippen molar-refractivity contribution in [1.82, 2.24) is 30.4 Å². The van der Waals surface area contributed by atoms with Crippen LogP contribution in [0.1, 0.15) is 5.82 Å². The molecule has 2 N–H and O–H groups in total. The number of aromatic nitrogens is 6.